The molecule has 0 aliphatic carbocycles. The molecule has 1 fully saturated rings. The number of carbonyl (C=O) groups is 1. The van der Waals surface area contributed by atoms with Gasteiger partial charge in [-0.1, -0.05) is 0 Å². The van der Waals surface area contributed by atoms with Crippen LogP contribution in [0.1, 0.15) is 0 Å². The molecule has 0 spiro atoms. The Balaban J connectivity index is -0.000000258. The van der Waals surface area contributed by atoms with Crippen molar-refractivity contribution in [2.75, 3.05) is 0 Å². The first-order valence-electron chi connectivity index (χ1n) is 2.67. The summed E-state index contributed by atoms with van der Waals surface area (Å²) < 4.78 is 28.7. The van der Waals surface area contributed by atoms with Crippen molar-refractivity contribution in [2.45, 2.75) is 0 Å². The monoisotopic (exact) mass is 308 g/mol. The molecule has 0 bridgehead atoms. The average molecular weight is 308 g/mol. The molecule has 1 aliphatic heterocycles. The van der Waals surface area contributed by atoms with E-state index in [1.165, 1.54) is 0 Å². The van der Waals surface area contributed by atoms with E-state index >= 15 is 0 Å². The van der Waals surface area contributed by atoms with Gasteiger partial charge in [-0.05, 0) is 0 Å². The molecule has 1 aliphatic rings. The molecule has 0 aromatic carbocycles. The van der Waals surface area contributed by atoms with E-state index in [4.69, 9.17) is 14.3 Å². The van der Waals surface area contributed by atoms with Crippen LogP contribution in [-0.2, 0) is 36.2 Å². The molecule has 1 rings (SSSR count). The summed E-state index contributed by atoms with van der Waals surface area (Å²) in [6.45, 7) is 0. The van der Waals surface area contributed by atoms with Crippen LogP contribution in [0.15, 0.2) is 0 Å². The molecule has 9 nitrogen and oxygen atoms in total. The summed E-state index contributed by atoms with van der Waals surface area (Å²) in [6, 6.07) is 0. The topological polar surface area (TPSA) is 142 Å². The first-order valence-corrected chi connectivity index (χ1v) is 7.33. The molecule has 14 heteroatoms. The van der Waals surface area contributed by atoms with E-state index in [0.29, 0.717) is 0 Å². The van der Waals surface area contributed by atoms with Gasteiger partial charge in [0.25, 0.3) is 0 Å². The van der Waals surface area contributed by atoms with Gasteiger partial charge in [-0.25, -0.2) is 4.79 Å². The second-order valence-corrected chi connectivity index (χ2v) is 4.53. The van der Waals surface area contributed by atoms with Crippen molar-refractivity contribution < 1.29 is 74.3 Å². The van der Waals surface area contributed by atoms with Crippen molar-refractivity contribution in [3.05, 3.63) is 0 Å². The molecule has 0 radical (unpaired) electrons. The van der Waals surface area contributed by atoms with Gasteiger partial charge in [0.1, 0.15) is 0 Å². The van der Waals surface area contributed by atoms with E-state index in [1.54, 1.807) is 0 Å². The minimum atomic E-state index is -4.81. The normalized spacial score (nSPS) is 12.3. The predicted octanol–water partition coefficient (Wildman–Crippen LogP) is -6.68. The average Bonchev–Trinajstić information content (AvgIpc) is 2.07. The Kier molecular flexibility index (Phi) is 18.5. The molecular formula is CH2AlCaLiO9SiTi. The van der Waals surface area contributed by atoms with Crippen LogP contribution in [-0.4, -0.2) is 75.8 Å². The summed E-state index contributed by atoms with van der Waals surface area (Å²) in [7, 11) is -4.81. The van der Waals surface area contributed by atoms with Crippen LogP contribution < -0.4 is 23.7 Å². The van der Waals surface area contributed by atoms with Crippen molar-refractivity contribution in [1.29, 1.82) is 0 Å². The molecule has 74 valence electrons. The van der Waals surface area contributed by atoms with E-state index in [0.717, 1.165) is 20.4 Å². The summed E-state index contributed by atoms with van der Waals surface area (Å²) in [5.74, 6) is 0. The van der Waals surface area contributed by atoms with Gasteiger partial charge in [0, 0.05) is 0 Å². The summed E-state index contributed by atoms with van der Waals surface area (Å²) in [5, 5.41) is 0. The third-order valence-electron chi connectivity index (χ3n) is 0.635. The van der Waals surface area contributed by atoms with Gasteiger partial charge in [0.2, 0.25) is 0 Å². The molecule has 0 unspecified atom stereocenters. The Morgan fingerprint density at radius 3 is 1.93 bits per heavy atom. The standard InChI is InChI=1S/CH2O3.Al.Ca.Li.H2O4Si.2O.Ti/c2-1(3)4;;;;1-5(2,3)4;;;/h(H2,2,3,4);;;;1-2H;;;/q;+3;;+1;-2;;;/p-2. The van der Waals surface area contributed by atoms with Gasteiger partial charge in [-0.2, -0.15) is 0 Å². The molecule has 1 heterocycles. The van der Waals surface area contributed by atoms with Crippen LogP contribution in [0, 0.1) is 0 Å². The van der Waals surface area contributed by atoms with Crippen molar-refractivity contribution in [2.24, 2.45) is 0 Å². The maximum atomic E-state index is 10.0. The Bertz CT molecular complexity index is 179. The Hall–Kier alpha value is 2.03. The summed E-state index contributed by atoms with van der Waals surface area (Å²) >= 11 is -1.91. The third kappa shape index (κ3) is 14.0. The predicted molar refractivity (Wildman–Crippen MR) is 31.7 cm³/mol. The van der Waals surface area contributed by atoms with E-state index in [-0.39, 0.29) is 54.7 Å². The van der Waals surface area contributed by atoms with Gasteiger partial charge in [0.15, 0.2) is 0 Å². The fraction of sp³-hybridized carbons (Fsp3) is 0. The maximum absolute atomic E-state index is 10.0. The number of rotatable bonds is 2. The first-order chi connectivity index (χ1) is 6.47. The van der Waals surface area contributed by atoms with Crippen molar-refractivity contribution in [3.63, 3.8) is 0 Å². The second-order valence-electron chi connectivity index (χ2n) is 1.44. The van der Waals surface area contributed by atoms with Crippen LogP contribution in [0.4, 0.5) is 4.79 Å². The molecule has 0 aromatic heterocycles. The summed E-state index contributed by atoms with van der Waals surface area (Å²) in [6.07, 6.45) is -0.949. The van der Waals surface area contributed by atoms with Crippen LogP contribution in [0.5, 0.6) is 0 Å². The summed E-state index contributed by atoms with van der Waals surface area (Å²) in [5.41, 5.74) is 0. The zero-order chi connectivity index (χ0) is 11.8. The van der Waals surface area contributed by atoms with Crippen molar-refractivity contribution in [1.82, 2.24) is 0 Å². The number of carbonyl (C=O) groups excluding carboxylic acids is 1. The quantitative estimate of drug-likeness (QED) is 0.476. The molecule has 15 heavy (non-hydrogen) atoms. The molecule has 0 aromatic rings. The van der Waals surface area contributed by atoms with Crippen molar-refractivity contribution in [3.8, 4) is 0 Å². The molecule has 0 amide bonds. The van der Waals surface area contributed by atoms with Crippen molar-refractivity contribution >= 4 is 66.2 Å². The van der Waals surface area contributed by atoms with E-state index < -0.39 is 30.4 Å². The van der Waals surface area contributed by atoms with E-state index in [1.807, 2.05) is 0 Å². The van der Waals surface area contributed by atoms with Crippen LogP contribution in [0.3, 0.4) is 0 Å². The second kappa shape index (κ2) is 12.5. The number of hydrogen-bond donors (Lipinski definition) is 2. The summed E-state index contributed by atoms with van der Waals surface area (Å²) in [4.78, 5) is 36.1. The van der Waals surface area contributed by atoms with Crippen LogP contribution in [0.2, 0.25) is 0 Å². The van der Waals surface area contributed by atoms with Gasteiger partial charge in [-0.3, -0.25) is 0 Å². The van der Waals surface area contributed by atoms with Gasteiger partial charge in [0.05, 0.1) is 0 Å². The zero-order valence-corrected chi connectivity index (χ0v) is 13.5. The molecule has 2 N–H and O–H groups in total. The van der Waals surface area contributed by atoms with Gasteiger partial charge >= 0.3 is 110 Å². The van der Waals surface area contributed by atoms with E-state index in [2.05, 4.69) is 11.1 Å². The molecular weight excluding hydrogens is 306 g/mol. The third-order valence-corrected chi connectivity index (χ3v) is 3.40. The van der Waals surface area contributed by atoms with E-state index in [9.17, 15) is 9.59 Å². The number of hydrogen-bond acceptors (Lipinski definition) is 9. The van der Waals surface area contributed by atoms with Crippen LogP contribution >= 0.6 is 0 Å². The molecule has 0 saturated carbocycles. The molecule has 0 atom stereocenters. The Morgan fingerprint density at radius 2 is 1.73 bits per heavy atom. The van der Waals surface area contributed by atoms with Crippen LogP contribution in [0.25, 0.3) is 0 Å². The first kappa shape index (κ1) is 22.2. The Labute approximate surface area is 138 Å². The fourth-order valence-corrected chi connectivity index (χ4v) is 2.06. The Morgan fingerprint density at radius 1 is 1.40 bits per heavy atom. The minimum absolute atomic E-state index is 0. The van der Waals surface area contributed by atoms with Gasteiger partial charge in [-0.15, -0.1) is 0 Å². The zero-order valence-electron chi connectivity index (χ0n) is 7.54. The fourth-order valence-electron chi connectivity index (χ4n) is 0.339. The molecule has 1 saturated heterocycles. The van der Waals surface area contributed by atoms with Gasteiger partial charge < -0.3 is 25.4 Å². The SMILES string of the molecule is O=C1[O][Al]([O][Si]([O-])(O)O)[O]1.[Li+].[O]=[Ca].[O]=[Ti].